The van der Waals surface area contributed by atoms with Gasteiger partial charge in [0.05, 0.1) is 11.1 Å². The van der Waals surface area contributed by atoms with E-state index in [1.165, 1.54) is 22.0 Å². The molecule has 6 rings (SSSR count). The number of allylic oxidation sites excluding steroid dienone is 2. The maximum Gasteiger partial charge on any atom is 0.263 e. The van der Waals surface area contributed by atoms with Crippen LogP contribution in [0.4, 0.5) is 0 Å². The molecule has 1 saturated carbocycles. The zero-order chi connectivity index (χ0) is 20.2. The number of fused-ring (bicyclic) bond motifs is 2. The van der Waals surface area contributed by atoms with E-state index in [1.54, 1.807) is 18.3 Å². The van der Waals surface area contributed by atoms with Gasteiger partial charge in [0.15, 0.2) is 11.5 Å². The summed E-state index contributed by atoms with van der Waals surface area (Å²) in [5.74, 6) is 2.35. The molecule has 4 aromatic rings. The molecule has 0 spiro atoms. The third kappa shape index (κ3) is 2.75. The first-order chi connectivity index (χ1) is 14.7. The van der Waals surface area contributed by atoms with Gasteiger partial charge in [0.25, 0.3) is 5.56 Å². The maximum atomic E-state index is 12.6. The number of aryl methyl sites for hydroxylation is 1. The van der Waals surface area contributed by atoms with Crippen molar-refractivity contribution in [1.29, 1.82) is 0 Å². The van der Waals surface area contributed by atoms with Crippen molar-refractivity contribution in [3.8, 4) is 0 Å². The van der Waals surface area contributed by atoms with Crippen LogP contribution in [-0.4, -0.2) is 29.7 Å². The normalized spacial score (nSPS) is 22.2. The lowest BCUT2D eigenvalue weighted by Crippen LogP contribution is -2.21. The standard InChI is InChI=1S/C22H18N6O2/c1-12-4-6-23-17(7-12)13-8-15-16(9-13)19(15)21-26-18(30-27-21)10-28-11-25-20-14(22(28)29)3-2-5-24-20/h2-8,11,15-16,19H,9-10H2,1H3. The van der Waals surface area contributed by atoms with Crippen LogP contribution in [0.1, 0.15) is 35.3 Å². The fourth-order valence-electron chi connectivity index (χ4n) is 4.43. The summed E-state index contributed by atoms with van der Waals surface area (Å²) in [5.41, 5.74) is 3.84. The Labute approximate surface area is 171 Å². The van der Waals surface area contributed by atoms with E-state index in [2.05, 4.69) is 44.2 Å². The predicted molar refractivity (Wildman–Crippen MR) is 108 cm³/mol. The Bertz CT molecular complexity index is 1370. The maximum absolute atomic E-state index is 12.6. The van der Waals surface area contributed by atoms with Crippen LogP contribution in [0.15, 0.2) is 58.4 Å². The van der Waals surface area contributed by atoms with Gasteiger partial charge in [-0.25, -0.2) is 9.97 Å². The van der Waals surface area contributed by atoms with E-state index < -0.39 is 0 Å². The molecule has 0 N–H and O–H groups in total. The molecule has 30 heavy (non-hydrogen) atoms. The van der Waals surface area contributed by atoms with Gasteiger partial charge in [-0.2, -0.15) is 4.98 Å². The minimum absolute atomic E-state index is 0.172. The Hall–Kier alpha value is -3.68. The van der Waals surface area contributed by atoms with E-state index >= 15 is 0 Å². The summed E-state index contributed by atoms with van der Waals surface area (Å²) in [6.07, 6.45) is 8.23. The van der Waals surface area contributed by atoms with Crippen LogP contribution >= 0.6 is 0 Å². The minimum atomic E-state index is -0.172. The van der Waals surface area contributed by atoms with E-state index in [4.69, 9.17) is 4.52 Å². The summed E-state index contributed by atoms with van der Waals surface area (Å²) in [7, 11) is 0. The Balaban J connectivity index is 1.20. The third-order valence-corrected chi connectivity index (χ3v) is 6.01. The van der Waals surface area contributed by atoms with Crippen molar-refractivity contribution in [2.24, 2.45) is 11.8 Å². The molecule has 0 aliphatic heterocycles. The van der Waals surface area contributed by atoms with Gasteiger partial charge in [-0.1, -0.05) is 11.2 Å². The van der Waals surface area contributed by atoms with Crippen LogP contribution < -0.4 is 5.56 Å². The van der Waals surface area contributed by atoms with Gasteiger partial charge in [-0.3, -0.25) is 14.3 Å². The van der Waals surface area contributed by atoms with E-state index in [0.29, 0.717) is 28.8 Å². The van der Waals surface area contributed by atoms with Crippen LogP contribution in [0.5, 0.6) is 0 Å². The van der Waals surface area contributed by atoms with Crippen molar-refractivity contribution in [2.75, 3.05) is 0 Å². The summed E-state index contributed by atoms with van der Waals surface area (Å²) in [5, 5.41) is 4.65. The fourth-order valence-corrected chi connectivity index (χ4v) is 4.43. The summed E-state index contributed by atoms with van der Waals surface area (Å²) >= 11 is 0. The van der Waals surface area contributed by atoms with Crippen molar-refractivity contribution in [1.82, 2.24) is 29.7 Å². The summed E-state index contributed by atoms with van der Waals surface area (Å²) in [4.78, 5) is 30.0. The molecule has 0 radical (unpaired) electrons. The summed E-state index contributed by atoms with van der Waals surface area (Å²) in [6.45, 7) is 2.28. The first kappa shape index (κ1) is 17.2. The molecule has 2 aliphatic carbocycles. The highest BCUT2D eigenvalue weighted by Gasteiger charge is 2.55. The molecular formula is C22H18N6O2. The van der Waals surface area contributed by atoms with Gasteiger partial charge >= 0.3 is 0 Å². The van der Waals surface area contributed by atoms with Crippen LogP contribution in [0.3, 0.4) is 0 Å². The van der Waals surface area contributed by atoms with Gasteiger partial charge in [0, 0.05) is 18.3 Å². The number of pyridine rings is 2. The van der Waals surface area contributed by atoms with E-state index in [0.717, 1.165) is 17.9 Å². The molecule has 3 unspecified atom stereocenters. The lowest BCUT2D eigenvalue weighted by Gasteiger charge is -2.05. The molecule has 8 heteroatoms. The molecule has 2 aliphatic rings. The Morgan fingerprint density at radius 1 is 1.20 bits per heavy atom. The monoisotopic (exact) mass is 398 g/mol. The average Bonchev–Trinajstić information content (AvgIpc) is 3.10. The highest BCUT2D eigenvalue weighted by molar-refractivity contribution is 5.72. The number of hydrogen-bond acceptors (Lipinski definition) is 7. The van der Waals surface area contributed by atoms with E-state index in [-0.39, 0.29) is 18.0 Å². The van der Waals surface area contributed by atoms with E-state index in [1.807, 2.05) is 12.3 Å². The van der Waals surface area contributed by atoms with Gasteiger partial charge in [0.2, 0.25) is 5.89 Å². The van der Waals surface area contributed by atoms with Crippen molar-refractivity contribution in [3.63, 3.8) is 0 Å². The van der Waals surface area contributed by atoms with Crippen LogP contribution in [0.2, 0.25) is 0 Å². The molecule has 0 bridgehead atoms. The van der Waals surface area contributed by atoms with Gasteiger partial charge < -0.3 is 4.52 Å². The summed E-state index contributed by atoms with van der Waals surface area (Å²) in [6, 6.07) is 7.57. The van der Waals surface area contributed by atoms with Crippen molar-refractivity contribution < 1.29 is 4.52 Å². The highest BCUT2D eigenvalue weighted by Crippen LogP contribution is 2.62. The van der Waals surface area contributed by atoms with E-state index in [9.17, 15) is 4.79 Å². The second kappa shape index (κ2) is 6.41. The molecule has 0 amide bonds. The number of nitrogens with zero attached hydrogens (tertiary/aromatic N) is 6. The first-order valence-electron chi connectivity index (χ1n) is 9.94. The lowest BCUT2D eigenvalue weighted by atomic mass is 10.0. The van der Waals surface area contributed by atoms with Gasteiger partial charge in [-0.15, -0.1) is 0 Å². The van der Waals surface area contributed by atoms with Crippen molar-refractivity contribution in [2.45, 2.75) is 25.8 Å². The van der Waals surface area contributed by atoms with Gasteiger partial charge in [-0.05, 0) is 60.6 Å². The quantitative estimate of drug-likeness (QED) is 0.521. The first-order valence-corrected chi connectivity index (χ1v) is 9.94. The zero-order valence-corrected chi connectivity index (χ0v) is 16.3. The molecule has 0 saturated heterocycles. The Kier molecular flexibility index (Phi) is 3.68. The second-order valence-corrected chi connectivity index (χ2v) is 7.98. The molecule has 4 heterocycles. The minimum Gasteiger partial charge on any atom is -0.337 e. The second-order valence-electron chi connectivity index (χ2n) is 7.98. The van der Waals surface area contributed by atoms with Crippen LogP contribution in [0.25, 0.3) is 16.6 Å². The number of aromatic nitrogens is 6. The number of hydrogen-bond donors (Lipinski definition) is 0. The Morgan fingerprint density at radius 3 is 2.97 bits per heavy atom. The third-order valence-electron chi connectivity index (χ3n) is 6.01. The largest absolute Gasteiger partial charge is 0.337 e. The van der Waals surface area contributed by atoms with Gasteiger partial charge in [0.1, 0.15) is 12.9 Å². The number of rotatable bonds is 4. The predicted octanol–water partition coefficient (Wildman–Crippen LogP) is 2.74. The molecule has 1 fully saturated rings. The van der Waals surface area contributed by atoms with Crippen molar-refractivity contribution >= 4 is 16.6 Å². The van der Waals surface area contributed by atoms with Crippen molar-refractivity contribution in [3.05, 3.63) is 82.4 Å². The zero-order valence-electron chi connectivity index (χ0n) is 16.3. The smallest absolute Gasteiger partial charge is 0.263 e. The lowest BCUT2D eigenvalue weighted by molar-refractivity contribution is 0.364. The highest BCUT2D eigenvalue weighted by atomic mass is 16.5. The fraction of sp³-hybridized carbons (Fsp3) is 0.273. The SMILES string of the molecule is Cc1ccnc(C2=CC3C(C2)C3c2noc(Cn3cnc4ncccc4c3=O)n2)c1. The molecule has 0 aromatic carbocycles. The molecule has 4 aromatic heterocycles. The molecule has 8 nitrogen and oxygen atoms in total. The molecule has 3 atom stereocenters. The Morgan fingerprint density at radius 2 is 2.13 bits per heavy atom. The molecular weight excluding hydrogens is 380 g/mol. The topological polar surface area (TPSA) is 99.6 Å². The molecule has 148 valence electrons. The van der Waals surface area contributed by atoms with Crippen LogP contribution in [0, 0.1) is 18.8 Å². The summed E-state index contributed by atoms with van der Waals surface area (Å²) < 4.78 is 6.90. The average molecular weight is 398 g/mol. The van der Waals surface area contributed by atoms with Crippen LogP contribution in [-0.2, 0) is 6.54 Å².